The van der Waals surface area contributed by atoms with E-state index in [0.29, 0.717) is 31.9 Å². The van der Waals surface area contributed by atoms with Crippen LogP contribution in [0.1, 0.15) is 26.3 Å². The fourth-order valence-corrected chi connectivity index (χ4v) is 3.14. The normalized spacial score (nSPS) is 14.2. The molecule has 0 aromatic carbocycles. The number of hydrogen-bond acceptors (Lipinski definition) is 7. The summed E-state index contributed by atoms with van der Waals surface area (Å²) in [5, 5.41) is 2.81. The molecule has 3 heterocycles. The topological polar surface area (TPSA) is 90.9 Å². The molecule has 0 bridgehead atoms. The first-order valence-corrected chi connectivity index (χ1v) is 10.4. The molecule has 2 aromatic rings. The molecule has 1 aliphatic heterocycles. The number of ether oxygens (including phenoxy) is 1. The zero-order chi connectivity index (χ0) is 22.6. The number of anilines is 2. The lowest BCUT2D eigenvalue weighted by Gasteiger charge is -2.34. The van der Waals surface area contributed by atoms with Gasteiger partial charge in [-0.15, -0.1) is 0 Å². The number of amides is 3. The van der Waals surface area contributed by atoms with E-state index in [9.17, 15) is 9.59 Å². The SMILES string of the molecule is Cc1ccc(N2CCN(C(=O)Oc3ccc(N(S)C(=O)NC(C)(C)C)cn3)CC2)nc1. The van der Waals surface area contributed by atoms with Crippen LogP contribution in [-0.2, 0) is 0 Å². The summed E-state index contributed by atoms with van der Waals surface area (Å²) >= 11 is 4.21. The van der Waals surface area contributed by atoms with Crippen LogP contribution in [0, 0.1) is 6.92 Å². The van der Waals surface area contributed by atoms with Crippen LogP contribution >= 0.6 is 12.8 Å². The maximum atomic E-state index is 12.5. The number of piperazine rings is 1. The number of urea groups is 1. The molecule has 9 nitrogen and oxygen atoms in total. The Morgan fingerprint density at radius 2 is 1.77 bits per heavy atom. The minimum Gasteiger partial charge on any atom is -0.391 e. The maximum absolute atomic E-state index is 12.5. The molecule has 31 heavy (non-hydrogen) atoms. The third kappa shape index (κ3) is 6.24. The van der Waals surface area contributed by atoms with Crippen molar-refractivity contribution in [2.24, 2.45) is 0 Å². The average Bonchev–Trinajstić information content (AvgIpc) is 2.73. The van der Waals surface area contributed by atoms with Crippen LogP contribution in [0.3, 0.4) is 0 Å². The summed E-state index contributed by atoms with van der Waals surface area (Å²) < 4.78 is 6.54. The molecular formula is C21H28N6O3S. The van der Waals surface area contributed by atoms with Crippen molar-refractivity contribution in [2.45, 2.75) is 33.2 Å². The van der Waals surface area contributed by atoms with Gasteiger partial charge in [0.15, 0.2) is 0 Å². The molecule has 1 N–H and O–H groups in total. The fourth-order valence-electron chi connectivity index (χ4n) is 2.97. The van der Waals surface area contributed by atoms with Crippen molar-refractivity contribution < 1.29 is 14.3 Å². The first-order valence-electron chi connectivity index (χ1n) is 10.0. The van der Waals surface area contributed by atoms with Crippen molar-refractivity contribution in [1.29, 1.82) is 0 Å². The molecule has 0 atom stereocenters. The minimum absolute atomic E-state index is 0.161. The lowest BCUT2D eigenvalue weighted by Crippen LogP contribution is -2.49. The van der Waals surface area contributed by atoms with Crippen molar-refractivity contribution >= 4 is 36.4 Å². The zero-order valence-corrected chi connectivity index (χ0v) is 19.1. The number of aromatic nitrogens is 2. The number of aryl methyl sites for hydroxylation is 1. The molecule has 3 amide bonds. The van der Waals surface area contributed by atoms with E-state index in [1.807, 2.05) is 46.0 Å². The van der Waals surface area contributed by atoms with Crippen LogP contribution in [0.15, 0.2) is 36.7 Å². The summed E-state index contributed by atoms with van der Waals surface area (Å²) in [7, 11) is 0. The summed E-state index contributed by atoms with van der Waals surface area (Å²) in [6.07, 6.45) is 2.81. The van der Waals surface area contributed by atoms with Gasteiger partial charge in [-0.05, 0) is 45.4 Å². The van der Waals surface area contributed by atoms with Crippen LogP contribution in [0.2, 0.25) is 0 Å². The van der Waals surface area contributed by atoms with Crippen LogP contribution in [0.4, 0.5) is 21.1 Å². The van der Waals surface area contributed by atoms with E-state index in [2.05, 4.69) is 33.0 Å². The lowest BCUT2D eigenvalue weighted by atomic mass is 10.1. The van der Waals surface area contributed by atoms with Crippen LogP contribution in [0.25, 0.3) is 0 Å². The number of pyridine rings is 2. The van der Waals surface area contributed by atoms with Gasteiger partial charge in [-0.3, -0.25) is 0 Å². The summed E-state index contributed by atoms with van der Waals surface area (Å²) in [5.41, 5.74) is 1.19. The van der Waals surface area contributed by atoms with E-state index in [-0.39, 0.29) is 17.5 Å². The molecule has 0 unspecified atom stereocenters. The van der Waals surface area contributed by atoms with Gasteiger partial charge >= 0.3 is 12.1 Å². The lowest BCUT2D eigenvalue weighted by molar-refractivity contribution is 0.147. The molecule has 0 radical (unpaired) electrons. The summed E-state index contributed by atoms with van der Waals surface area (Å²) in [6, 6.07) is 6.79. The molecule has 0 spiro atoms. The molecule has 166 valence electrons. The van der Waals surface area contributed by atoms with Gasteiger partial charge in [0, 0.05) is 44.0 Å². The van der Waals surface area contributed by atoms with Crippen LogP contribution < -0.4 is 19.3 Å². The smallest absolute Gasteiger partial charge is 0.391 e. The van der Waals surface area contributed by atoms with E-state index in [4.69, 9.17) is 4.74 Å². The molecular weight excluding hydrogens is 416 g/mol. The van der Waals surface area contributed by atoms with Gasteiger partial charge in [0.05, 0.1) is 11.9 Å². The molecule has 1 aliphatic rings. The monoisotopic (exact) mass is 444 g/mol. The number of rotatable bonds is 3. The first-order chi connectivity index (χ1) is 14.6. The molecule has 1 fully saturated rings. The number of hydrogen-bond donors (Lipinski definition) is 2. The Balaban J connectivity index is 1.52. The second-order valence-corrected chi connectivity index (χ2v) is 8.78. The molecule has 10 heteroatoms. The van der Waals surface area contributed by atoms with E-state index in [1.54, 1.807) is 11.0 Å². The van der Waals surface area contributed by atoms with Gasteiger partial charge in [-0.1, -0.05) is 18.9 Å². The zero-order valence-electron chi connectivity index (χ0n) is 18.2. The van der Waals surface area contributed by atoms with Crippen molar-refractivity contribution in [2.75, 3.05) is 35.4 Å². The van der Waals surface area contributed by atoms with Gasteiger partial charge in [-0.2, -0.15) is 0 Å². The number of carbonyl (C=O) groups excluding carboxylic acids is 2. The standard InChI is InChI=1S/C21H28N6O3S/c1-15-5-7-17(22-13-15)25-9-11-26(12-10-25)20(29)30-18-8-6-16(14-23-18)27(31)19(28)24-21(2,3)4/h5-8,13-14,31H,9-12H2,1-4H3,(H,24,28). The van der Waals surface area contributed by atoms with E-state index >= 15 is 0 Å². The second kappa shape index (κ2) is 9.42. The molecule has 3 rings (SSSR count). The Labute approximate surface area is 187 Å². The number of nitrogens with one attached hydrogen (secondary N) is 1. The van der Waals surface area contributed by atoms with Crippen molar-refractivity contribution in [3.05, 3.63) is 42.2 Å². The Morgan fingerprint density at radius 3 is 2.32 bits per heavy atom. The van der Waals surface area contributed by atoms with Gasteiger partial charge in [0.2, 0.25) is 5.88 Å². The third-order valence-corrected chi connectivity index (χ3v) is 5.00. The Hall–Kier alpha value is -3.01. The summed E-state index contributed by atoms with van der Waals surface area (Å²) in [6.45, 7) is 10.1. The van der Waals surface area contributed by atoms with Crippen LogP contribution in [0.5, 0.6) is 5.88 Å². The highest BCUT2D eigenvalue weighted by molar-refractivity contribution is 7.82. The van der Waals surface area contributed by atoms with Gasteiger partial charge in [-0.25, -0.2) is 23.9 Å². The maximum Gasteiger partial charge on any atom is 0.416 e. The summed E-state index contributed by atoms with van der Waals surface area (Å²) in [5.74, 6) is 1.07. The van der Waals surface area contributed by atoms with Gasteiger partial charge in [0.25, 0.3) is 0 Å². The Bertz CT molecular complexity index is 906. The average molecular weight is 445 g/mol. The van der Waals surface area contributed by atoms with Gasteiger partial charge in [0.1, 0.15) is 5.82 Å². The van der Waals surface area contributed by atoms with E-state index < -0.39 is 6.09 Å². The highest BCUT2D eigenvalue weighted by Gasteiger charge is 2.24. The fraction of sp³-hybridized carbons (Fsp3) is 0.429. The van der Waals surface area contributed by atoms with Crippen LogP contribution in [-0.4, -0.2) is 58.7 Å². The molecule has 1 saturated heterocycles. The molecule has 0 saturated carbocycles. The predicted molar refractivity (Wildman–Crippen MR) is 123 cm³/mol. The van der Waals surface area contributed by atoms with Crippen molar-refractivity contribution in [1.82, 2.24) is 20.2 Å². The Kier molecular flexibility index (Phi) is 6.89. The second-order valence-electron chi connectivity index (χ2n) is 8.38. The summed E-state index contributed by atoms with van der Waals surface area (Å²) in [4.78, 5) is 37.0. The van der Waals surface area contributed by atoms with E-state index in [0.717, 1.165) is 15.7 Å². The molecule has 2 aromatic heterocycles. The highest BCUT2D eigenvalue weighted by Crippen LogP contribution is 2.20. The Morgan fingerprint density at radius 1 is 1.06 bits per heavy atom. The highest BCUT2D eigenvalue weighted by atomic mass is 32.1. The predicted octanol–water partition coefficient (Wildman–Crippen LogP) is 3.27. The third-order valence-electron chi connectivity index (χ3n) is 4.59. The quantitative estimate of drug-likeness (QED) is 0.706. The van der Waals surface area contributed by atoms with Crippen molar-refractivity contribution in [3.63, 3.8) is 0 Å². The first kappa shape index (κ1) is 22.7. The number of nitrogens with zero attached hydrogens (tertiary/aromatic N) is 5. The largest absolute Gasteiger partial charge is 0.416 e. The minimum atomic E-state index is -0.454. The number of carbonyl (C=O) groups is 2. The molecule has 0 aliphatic carbocycles. The van der Waals surface area contributed by atoms with Gasteiger partial charge < -0.3 is 19.9 Å². The number of thiol groups is 1. The van der Waals surface area contributed by atoms with E-state index in [1.165, 1.54) is 12.3 Å². The van der Waals surface area contributed by atoms with Crippen molar-refractivity contribution in [3.8, 4) is 5.88 Å².